The number of hydrogen-bond donors (Lipinski definition) is 0. The van der Waals surface area contributed by atoms with Gasteiger partial charge < -0.3 is 0 Å². The fourth-order valence-electron chi connectivity index (χ4n) is 1.54. The highest BCUT2D eigenvalue weighted by molar-refractivity contribution is 9.09. The maximum absolute atomic E-state index is 13.2. The predicted molar refractivity (Wildman–Crippen MR) is 73.6 cm³/mol. The van der Waals surface area contributed by atoms with Gasteiger partial charge in [-0.25, -0.2) is 8.78 Å². The van der Waals surface area contributed by atoms with E-state index in [-0.39, 0.29) is 9.85 Å². The first kappa shape index (κ1) is 13.8. The predicted octanol–water partition coefficient (Wildman–Crippen LogP) is 5.76. The van der Waals surface area contributed by atoms with Gasteiger partial charge in [0.05, 0.1) is 4.83 Å². The summed E-state index contributed by atoms with van der Waals surface area (Å²) in [5.74, 6) is -1.88. The zero-order valence-corrected chi connectivity index (χ0v) is 12.0. The summed E-state index contributed by atoms with van der Waals surface area (Å²) in [6.07, 6.45) is 0. The topological polar surface area (TPSA) is 0 Å². The minimum atomic E-state index is -0.959. The molecule has 1 unspecified atom stereocenters. The Balaban J connectivity index is 2.42. The van der Waals surface area contributed by atoms with Crippen molar-refractivity contribution < 1.29 is 8.78 Å². The average molecular weight is 352 g/mol. The molecule has 2 aromatic rings. The molecule has 2 rings (SSSR count). The number of hydrogen-bond acceptors (Lipinski definition) is 0. The van der Waals surface area contributed by atoms with E-state index in [4.69, 9.17) is 23.2 Å². The van der Waals surface area contributed by atoms with Crippen LogP contribution in [-0.4, -0.2) is 0 Å². The van der Waals surface area contributed by atoms with E-state index in [1.54, 1.807) is 24.3 Å². The minimum absolute atomic E-state index is 0.172. The first-order chi connectivity index (χ1) is 8.49. The van der Waals surface area contributed by atoms with Crippen LogP contribution in [0.2, 0.25) is 10.0 Å². The molecule has 0 amide bonds. The van der Waals surface area contributed by atoms with Gasteiger partial charge in [-0.1, -0.05) is 51.3 Å². The van der Waals surface area contributed by atoms with Gasteiger partial charge in [0.15, 0.2) is 11.6 Å². The van der Waals surface area contributed by atoms with Gasteiger partial charge in [-0.05, 0) is 35.4 Å². The zero-order valence-electron chi connectivity index (χ0n) is 8.93. The lowest BCUT2D eigenvalue weighted by Gasteiger charge is -2.13. The van der Waals surface area contributed by atoms with Crippen molar-refractivity contribution >= 4 is 39.1 Å². The highest BCUT2D eigenvalue weighted by Gasteiger charge is 2.17. The Bertz CT molecular complexity index is 570. The lowest BCUT2D eigenvalue weighted by molar-refractivity contribution is 0.507. The molecule has 0 N–H and O–H groups in total. The second-order valence-electron chi connectivity index (χ2n) is 3.70. The third-order valence-corrected chi connectivity index (χ3v) is 4.08. The smallest absolute Gasteiger partial charge is 0.160 e. The zero-order chi connectivity index (χ0) is 13.3. The fraction of sp³-hybridized carbons (Fsp3) is 0.0769. The molecule has 0 radical (unpaired) electrons. The Hall–Kier alpha value is -0.640. The number of benzene rings is 2. The molecule has 1 atom stereocenters. The monoisotopic (exact) mass is 350 g/mol. The lowest BCUT2D eigenvalue weighted by atomic mass is 10.0. The molecule has 5 heteroatoms. The third kappa shape index (κ3) is 2.85. The molecule has 0 saturated carbocycles. The summed E-state index contributed by atoms with van der Waals surface area (Å²) in [7, 11) is 0. The van der Waals surface area contributed by atoms with Gasteiger partial charge >= 0.3 is 0 Å². The molecule has 0 spiro atoms. The van der Waals surface area contributed by atoms with Crippen molar-refractivity contribution in [2.45, 2.75) is 4.83 Å². The summed E-state index contributed by atoms with van der Waals surface area (Å²) in [6, 6.07) is 9.08. The van der Waals surface area contributed by atoms with E-state index in [1.165, 1.54) is 0 Å². The summed E-state index contributed by atoms with van der Waals surface area (Å²) in [5, 5.41) is 0.778. The molecule has 0 heterocycles. The molecular formula is C13H7BrCl2F2. The van der Waals surface area contributed by atoms with E-state index in [9.17, 15) is 8.78 Å². The van der Waals surface area contributed by atoms with Gasteiger partial charge in [0.25, 0.3) is 0 Å². The summed E-state index contributed by atoms with van der Waals surface area (Å²) < 4.78 is 26.2. The highest BCUT2D eigenvalue weighted by Crippen LogP contribution is 2.36. The Labute approximate surface area is 122 Å². The van der Waals surface area contributed by atoms with Crippen molar-refractivity contribution in [2.75, 3.05) is 0 Å². The van der Waals surface area contributed by atoms with Gasteiger partial charge in [0.1, 0.15) is 0 Å². The summed E-state index contributed by atoms with van der Waals surface area (Å²) in [6.45, 7) is 0. The maximum atomic E-state index is 13.2. The van der Waals surface area contributed by atoms with Crippen molar-refractivity contribution in [1.29, 1.82) is 0 Å². The number of alkyl halides is 1. The minimum Gasteiger partial charge on any atom is -0.204 e. The van der Waals surface area contributed by atoms with Crippen LogP contribution in [0.1, 0.15) is 16.0 Å². The molecule has 0 aliphatic carbocycles. The summed E-state index contributed by atoms with van der Waals surface area (Å²) in [5.41, 5.74) is 1.32. The van der Waals surface area contributed by atoms with Crippen LogP contribution in [-0.2, 0) is 0 Å². The van der Waals surface area contributed by atoms with E-state index in [2.05, 4.69) is 15.9 Å². The fourth-order valence-corrected chi connectivity index (χ4v) is 2.74. The second-order valence-corrected chi connectivity index (χ2v) is 5.46. The lowest BCUT2D eigenvalue weighted by Crippen LogP contribution is -1.96. The number of rotatable bonds is 2. The van der Waals surface area contributed by atoms with Gasteiger partial charge in [-0.3, -0.25) is 0 Å². The SMILES string of the molecule is Fc1cc(Cl)c(C(Br)c2ccc(Cl)cc2)cc1F. The van der Waals surface area contributed by atoms with Crippen molar-refractivity contribution in [3.05, 3.63) is 69.2 Å². The van der Waals surface area contributed by atoms with Crippen LogP contribution in [0.15, 0.2) is 36.4 Å². The van der Waals surface area contributed by atoms with E-state index < -0.39 is 11.6 Å². The molecule has 94 valence electrons. The molecule has 0 bridgehead atoms. The third-order valence-electron chi connectivity index (χ3n) is 2.48. The van der Waals surface area contributed by atoms with Gasteiger partial charge in [0.2, 0.25) is 0 Å². The first-order valence-electron chi connectivity index (χ1n) is 5.03. The average Bonchev–Trinajstić information content (AvgIpc) is 2.34. The second kappa shape index (κ2) is 5.55. The molecule has 0 saturated heterocycles. The Morgan fingerprint density at radius 2 is 1.50 bits per heavy atom. The molecule has 0 aliphatic rings. The van der Waals surface area contributed by atoms with Crippen LogP contribution in [0.25, 0.3) is 0 Å². The largest absolute Gasteiger partial charge is 0.204 e. The van der Waals surface area contributed by atoms with E-state index >= 15 is 0 Å². The van der Waals surface area contributed by atoms with Crippen LogP contribution >= 0.6 is 39.1 Å². The van der Waals surface area contributed by atoms with Gasteiger partial charge in [0, 0.05) is 10.0 Å². The van der Waals surface area contributed by atoms with Crippen LogP contribution < -0.4 is 0 Å². The molecule has 18 heavy (non-hydrogen) atoms. The highest BCUT2D eigenvalue weighted by atomic mass is 79.9. The quantitative estimate of drug-likeness (QED) is 0.477. The Kier molecular flexibility index (Phi) is 4.25. The molecule has 2 aromatic carbocycles. The standard InChI is InChI=1S/C13H7BrCl2F2/c14-13(7-1-3-8(15)4-2-7)9-5-11(17)12(18)6-10(9)16/h1-6,13H. The summed E-state index contributed by atoms with van der Waals surface area (Å²) in [4.78, 5) is -0.322. The van der Waals surface area contributed by atoms with E-state index in [0.29, 0.717) is 10.6 Å². The molecule has 0 nitrogen and oxygen atoms in total. The van der Waals surface area contributed by atoms with Crippen molar-refractivity contribution in [3.8, 4) is 0 Å². The molecule has 0 fully saturated rings. The first-order valence-corrected chi connectivity index (χ1v) is 6.70. The van der Waals surface area contributed by atoms with Crippen molar-refractivity contribution in [1.82, 2.24) is 0 Å². The van der Waals surface area contributed by atoms with Crippen molar-refractivity contribution in [3.63, 3.8) is 0 Å². The molecule has 0 aromatic heterocycles. The molecular weight excluding hydrogens is 345 g/mol. The number of halogens is 5. The van der Waals surface area contributed by atoms with Crippen LogP contribution in [0, 0.1) is 11.6 Å². The Morgan fingerprint density at radius 1 is 0.944 bits per heavy atom. The van der Waals surface area contributed by atoms with Crippen LogP contribution in [0.5, 0.6) is 0 Å². The van der Waals surface area contributed by atoms with E-state index in [0.717, 1.165) is 17.7 Å². The van der Waals surface area contributed by atoms with Crippen molar-refractivity contribution in [2.24, 2.45) is 0 Å². The Morgan fingerprint density at radius 3 is 2.11 bits per heavy atom. The summed E-state index contributed by atoms with van der Waals surface area (Å²) >= 11 is 15.1. The maximum Gasteiger partial charge on any atom is 0.160 e. The van der Waals surface area contributed by atoms with Gasteiger partial charge in [-0.15, -0.1) is 0 Å². The van der Waals surface area contributed by atoms with Gasteiger partial charge in [-0.2, -0.15) is 0 Å². The normalized spacial score (nSPS) is 12.5. The van der Waals surface area contributed by atoms with E-state index in [1.807, 2.05) is 0 Å². The van der Waals surface area contributed by atoms with Crippen LogP contribution in [0.4, 0.5) is 8.78 Å². The van der Waals surface area contributed by atoms with Crippen LogP contribution in [0.3, 0.4) is 0 Å². The molecule has 0 aliphatic heterocycles.